The third-order valence-electron chi connectivity index (χ3n) is 3.42. The van der Waals surface area contributed by atoms with E-state index in [-0.39, 0.29) is 6.04 Å². The van der Waals surface area contributed by atoms with Crippen molar-refractivity contribution in [2.45, 2.75) is 26.8 Å². The number of hydrogen-bond donors (Lipinski definition) is 1. The van der Waals surface area contributed by atoms with Gasteiger partial charge in [0.05, 0.1) is 16.3 Å². The summed E-state index contributed by atoms with van der Waals surface area (Å²) in [7, 11) is 0. The number of nitrogens with one attached hydrogen (secondary N) is 1. The quantitative estimate of drug-likeness (QED) is 0.779. The number of pyridine rings is 1. The van der Waals surface area contributed by atoms with Crippen LogP contribution in [0, 0.1) is 13.8 Å². The second kappa shape index (κ2) is 4.70. The molecule has 0 aliphatic carbocycles. The van der Waals surface area contributed by atoms with Crippen molar-refractivity contribution in [1.82, 2.24) is 9.66 Å². The molecule has 3 aromatic heterocycles. The SMILES string of the molecule is Cc1ccc(C)n1NC(C)c1cnc2ccsc2c1. The van der Waals surface area contributed by atoms with Gasteiger partial charge in [-0.15, -0.1) is 11.3 Å². The molecular formula is C15H17N3S. The zero-order chi connectivity index (χ0) is 13.4. The molecule has 3 heterocycles. The van der Waals surface area contributed by atoms with E-state index in [1.807, 2.05) is 6.20 Å². The van der Waals surface area contributed by atoms with E-state index in [2.05, 4.69) is 65.5 Å². The first kappa shape index (κ1) is 12.2. The van der Waals surface area contributed by atoms with Crippen LogP contribution in [-0.4, -0.2) is 9.66 Å². The molecule has 0 bridgehead atoms. The Morgan fingerprint density at radius 3 is 2.68 bits per heavy atom. The van der Waals surface area contributed by atoms with Gasteiger partial charge in [0.15, 0.2) is 0 Å². The Hall–Kier alpha value is -1.81. The lowest BCUT2D eigenvalue weighted by Crippen LogP contribution is -2.20. The molecule has 1 N–H and O–H groups in total. The summed E-state index contributed by atoms with van der Waals surface area (Å²) in [6.45, 7) is 6.37. The fourth-order valence-corrected chi connectivity index (χ4v) is 3.03. The molecule has 1 atom stereocenters. The molecule has 0 spiro atoms. The van der Waals surface area contributed by atoms with Crippen LogP contribution in [0.2, 0.25) is 0 Å². The number of fused-ring (bicyclic) bond motifs is 1. The van der Waals surface area contributed by atoms with Gasteiger partial charge in [0.2, 0.25) is 0 Å². The number of nitrogens with zero attached hydrogens (tertiary/aromatic N) is 2. The zero-order valence-electron chi connectivity index (χ0n) is 11.3. The summed E-state index contributed by atoms with van der Waals surface area (Å²) in [5.74, 6) is 0. The maximum Gasteiger partial charge on any atom is 0.0809 e. The van der Waals surface area contributed by atoms with Gasteiger partial charge in [-0.25, -0.2) is 0 Å². The molecule has 3 nitrogen and oxygen atoms in total. The molecule has 4 heteroatoms. The topological polar surface area (TPSA) is 29.9 Å². The first-order valence-corrected chi connectivity index (χ1v) is 7.28. The van der Waals surface area contributed by atoms with Crippen LogP contribution >= 0.6 is 11.3 Å². The summed E-state index contributed by atoms with van der Waals surface area (Å²) in [6, 6.07) is 8.75. The van der Waals surface area contributed by atoms with Gasteiger partial charge < -0.3 is 5.43 Å². The van der Waals surface area contributed by atoms with Crippen molar-refractivity contribution in [1.29, 1.82) is 0 Å². The summed E-state index contributed by atoms with van der Waals surface area (Å²) in [5, 5.41) is 2.08. The molecule has 0 amide bonds. The van der Waals surface area contributed by atoms with Gasteiger partial charge in [-0.1, -0.05) is 0 Å². The van der Waals surface area contributed by atoms with Crippen LogP contribution in [0.3, 0.4) is 0 Å². The normalized spacial score (nSPS) is 12.8. The molecule has 0 radical (unpaired) electrons. The fraction of sp³-hybridized carbons (Fsp3) is 0.267. The molecule has 0 aromatic carbocycles. The third kappa shape index (κ3) is 2.24. The van der Waals surface area contributed by atoms with Crippen molar-refractivity contribution in [3.05, 3.63) is 52.8 Å². The van der Waals surface area contributed by atoms with Gasteiger partial charge in [-0.05, 0) is 56.0 Å². The van der Waals surface area contributed by atoms with Gasteiger partial charge in [-0.3, -0.25) is 9.66 Å². The van der Waals surface area contributed by atoms with E-state index in [4.69, 9.17) is 0 Å². The lowest BCUT2D eigenvalue weighted by molar-refractivity contribution is 0.698. The minimum Gasteiger partial charge on any atom is -0.319 e. The molecule has 0 fully saturated rings. The van der Waals surface area contributed by atoms with Crippen molar-refractivity contribution in [3.8, 4) is 0 Å². The maximum absolute atomic E-state index is 4.50. The molecule has 0 aliphatic rings. The largest absolute Gasteiger partial charge is 0.319 e. The first-order chi connectivity index (χ1) is 9.15. The predicted molar refractivity (Wildman–Crippen MR) is 81.3 cm³/mol. The number of aryl methyl sites for hydroxylation is 2. The van der Waals surface area contributed by atoms with Crippen molar-refractivity contribution in [2.24, 2.45) is 0 Å². The molecule has 1 unspecified atom stereocenters. The van der Waals surface area contributed by atoms with Crippen molar-refractivity contribution < 1.29 is 0 Å². The first-order valence-electron chi connectivity index (χ1n) is 6.40. The predicted octanol–water partition coefficient (Wildman–Crippen LogP) is 4.02. The third-order valence-corrected chi connectivity index (χ3v) is 4.27. The highest BCUT2D eigenvalue weighted by molar-refractivity contribution is 7.17. The Bertz CT molecular complexity index is 692. The summed E-state index contributed by atoms with van der Waals surface area (Å²) < 4.78 is 3.37. The summed E-state index contributed by atoms with van der Waals surface area (Å²) in [5.41, 5.74) is 8.24. The molecule has 0 saturated carbocycles. The van der Waals surface area contributed by atoms with Crippen molar-refractivity contribution >= 4 is 21.6 Å². The minimum absolute atomic E-state index is 0.226. The molecule has 0 saturated heterocycles. The van der Waals surface area contributed by atoms with Crippen LogP contribution < -0.4 is 5.43 Å². The van der Waals surface area contributed by atoms with Crippen LogP contribution in [0.4, 0.5) is 0 Å². The van der Waals surface area contributed by atoms with E-state index in [9.17, 15) is 0 Å². The molecule has 3 rings (SSSR count). The summed E-state index contributed by atoms with van der Waals surface area (Å²) in [6.07, 6.45) is 1.96. The minimum atomic E-state index is 0.226. The highest BCUT2D eigenvalue weighted by Gasteiger charge is 2.09. The Morgan fingerprint density at radius 1 is 1.21 bits per heavy atom. The van der Waals surface area contributed by atoms with Crippen LogP contribution in [0.25, 0.3) is 10.2 Å². The van der Waals surface area contributed by atoms with E-state index in [0.29, 0.717) is 0 Å². The van der Waals surface area contributed by atoms with E-state index in [0.717, 1.165) is 5.52 Å². The molecule has 0 aliphatic heterocycles. The second-order valence-corrected chi connectivity index (χ2v) is 5.82. The zero-order valence-corrected chi connectivity index (χ0v) is 12.2. The number of rotatable bonds is 3. The van der Waals surface area contributed by atoms with Gasteiger partial charge in [-0.2, -0.15) is 0 Å². The number of hydrogen-bond acceptors (Lipinski definition) is 3. The monoisotopic (exact) mass is 271 g/mol. The van der Waals surface area contributed by atoms with E-state index < -0.39 is 0 Å². The Labute approximate surface area is 116 Å². The second-order valence-electron chi connectivity index (χ2n) is 4.87. The molecule has 98 valence electrons. The number of aromatic nitrogens is 2. The smallest absolute Gasteiger partial charge is 0.0809 e. The van der Waals surface area contributed by atoms with E-state index in [1.165, 1.54) is 21.7 Å². The lowest BCUT2D eigenvalue weighted by Gasteiger charge is -2.19. The Balaban J connectivity index is 1.89. The maximum atomic E-state index is 4.50. The highest BCUT2D eigenvalue weighted by atomic mass is 32.1. The average Bonchev–Trinajstić information content (AvgIpc) is 2.99. The van der Waals surface area contributed by atoms with Gasteiger partial charge >= 0.3 is 0 Å². The van der Waals surface area contributed by atoms with E-state index in [1.54, 1.807) is 11.3 Å². The Kier molecular flexibility index (Phi) is 3.03. The Morgan fingerprint density at radius 2 is 1.95 bits per heavy atom. The van der Waals surface area contributed by atoms with Crippen LogP contribution in [-0.2, 0) is 0 Å². The molecule has 3 aromatic rings. The van der Waals surface area contributed by atoms with Gasteiger partial charge in [0.25, 0.3) is 0 Å². The standard InChI is InChI=1S/C15H17N3S/c1-10-4-5-11(2)18(10)17-12(3)13-8-15-14(16-9-13)6-7-19-15/h4-9,12,17H,1-3H3. The summed E-state index contributed by atoms with van der Waals surface area (Å²) in [4.78, 5) is 4.50. The van der Waals surface area contributed by atoms with Crippen molar-refractivity contribution in [2.75, 3.05) is 5.43 Å². The highest BCUT2D eigenvalue weighted by Crippen LogP contribution is 2.23. The van der Waals surface area contributed by atoms with Gasteiger partial charge in [0.1, 0.15) is 0 Å². The van der Waals surface area contributed by atoms with Crippen LogP contribution in [0.5, 0.6) is 0 Å². The fourth-order valence-electron chi connectivity index (χ4n) is 2.24. The van der Waals surface area contributed by atoms with Crippen molar-refractivity contribution in [3.63, 3.8) is 0 Å². The van der Waals surface area contributed by atoms with Gasteiger partial charge in [0, 0.05) is 17.6 Å². The average molecular weight is 271 g/mol. The molecule has 19 heavy (non-hydrogen) atoms. The van der Waals surface area contributed by atoms with Crippen LogP contribution in [0.1, 0.15) is 29.9 Å². The molecular weight excluding hydrogens is 254 g/mol. The number of thiophene rings is 1. The van der Waals surface area contributed by atoms with Crippen LogP contribution in [0.15, 0.2) is 35.8 Å². The lowest BCUT2D eigenvalue weighted by atomic mass is 10.1. The van der Waals surface area contributed by atoms with E-state index >= 15 is 0 Å². The summed E-state index contributed by atoms with van der Waals surface area (Å²) >= 11 is 1.74.